The molecule has 1 heterocycles. The van der Waals surface area contributed by atoms with E-state index in [1.54, 1.807) is 18.2 Å². The van der Waals surface area contributed by atoms with Gasteiger partial charge in [0.2, 0.25) is 5.91 Å². The zero-order chi connectivity index (χ0) is 24.4. The zero-order valence-corrected chi connectivity index (χ0v) is 19.4. The molecule has 1 aliphatic rings. The van der Waals surface area contributed by atoms with Crippen molar-refractivity contribution in [3.8, 4) is 5.75 Å². The first kappa shape index (κ1) is 22.8. The van der Waals surface area contributed by atoms with Crippen LogP contribution in [-0.2, 0) is 20.7 Å². The third-order valence-electron chi connectivity index (χ3n) is 6.66. The summed E-state index contributed by atoms with van der Waals surface area (Å²) in [5, 5.41) is 4.48. The van der Waals surface area contributed by atoms with Crippen LogP contribution in [-0.4, -0.2) is 42.6 Å². The van der Waals surface area contributed by atoms with Gasteiger partial charge >= 0.3 is 5.97 Å². The summed E-state index contributed by atoms with van der Waals surface area (Å²) in [5.41, 5.74) is 1.11. The summed E-state index contributed by atoms with van der Waals surface area (Å²) in [7, 11) is 1.30. The molecule has 2 unspecified atom stereocenters. The average Bonchev–Trinajstić information content (AvgIpc) is 3.31. The van der Waals surface area contributed by atoms with Crippen LogP contribution in [0.4, 0.5) is 4.39 Å². The number of carbonyl (C=O) groups is 2. The van der Waals surface area contributed by atoms with Crippen molar-refractivity contribution in [2.24, 2.45) is 0 Å². The summed E-state index contributed by atoms with van der Waals surface area (Å²) < 4.78 is 24.9. The minimum atomic E-state index is -0.756. The number of para-hydroxylation sites is 1. The van der Waals surface area contributed by atoms with Crippen molar-refractivity contribution in [2.45, 2.75) is 31.4 Å². The van der Waals surface area contributed by atoms with Gasteiger partial charge in [0.25, 0.3) is 0 Å². The van der Waals surface area contributed by atoms with Crippen LogP contribution < -0.4 is 4.74 Å². The molecule has 4 aromatic rings. The Labute approximate surface area is 203 Å². The van der Waals surface area contributed by atoms with Crippen molar-refractivity contribution >= 4 is 33.4 Å². The van der Waals surface area contributed by atoms with E-state index in [-0.39, 0.29) is 31.0 Å². The van der Waals surface area contributed by atoms with E-state index >= 15 is 0 Å². The lowest BCUT2D eigenvalue weighted by atomic mass is 9.94. The molecule has 0 aliphatic carbocycles. The van der Waals surface area contributed by atoms with E-state index in [1.165, 1.54) is 18.1 Å². The zero-order valence-electron chi connectivity index (χ0n) is 19.4. The molecule has 0 radical (unpaired) electrons. The molecule has 2 atom stereocenters. The second-order valence-corrected chi connectivity index (χ2v) is 8.79. The number of benzene rings is 4. The quantitative estimate of drug-likeness (QED) is 0.283. The van der Waals surface area contributed by atoms with Crippen molar-refractivity contribution in [3.05, 3.63) is 90.2 Å². The molecule has 1 saturated heterocycles. The molecule has 6 heteroatoms. The van der Waals surface area contributed by atoms with Gasteiger partial charge in [-0.05, 0) is 51.7 Å². The Morgan fingerprint density at radius 2 is 1.57 bits per heavy atom. The predicted molar refractivity (Wildman–Crippen MR) is 133 cm³/mol. The predicted octanol–water partition coefficient (Wildman–Crippen LogP) is 5.29. The molecule has 1 aliphatic heterocycles. The Morgan fingerprint density at radius 1 is 0.943 bits per heavy atom. The van der Waals surface area contributed by atoms with Crippen LogP contribution in [0.1, 0.15) is 18.4 Å². The maximum Gasteiger partial charge on any atom is 0.328 e. The molecule has 178 valence electrons. The number of fused-ring (bicyclic) bond motifs is 2. The van der Waals surface area contributed by atoms with E-state index in [0.717, 1.165) is 27.1 Å². The Morgan fingerprint density at radius 3 is 2.23 bits per heavy atom. The van der Waals surface area contributed by atoms with Crippen LogP contribution in [0.2, 0.25) is 0 Å². The van der Waals surface area contributed by atoms with Gasteiger partial charge in [0.05, 0.1) is 13.7 Å². The van der Waals surface area contributed by atoms with Gasteiger partial charge in [-0.25, -0.2) is 9.18 Å². The first-order valence-corrected chi connectivity index (χ1v) is 11.7. The second-order valence-electron chi connectivity index (χ2n) is 8.79. The fraction of sp³-hybridized carbons (Fsp3) is 0.241. The molecule has 0 aromatic heterocycles. The number of likely N-dealkylation sites (tertiary alicyclic amines) is 1. The van der Waals surface area contributed by atoms with Gasteiger partial charge < -0.3 is 14.4 Å². The summed E-state index contributed by atoms with van der Waals surface area (Å²) in [5.74, 6) is -1.02. The molecule has 4 aromatic carbocycles. The topological polar surface area (TPSA) is 55.8 Å². The van der Waals surface area contributed by atoms with E-state index in [4.69, 9.17) is 9.47 Å². The average molecular weight is 472 g/mol. The first-order chi connectivity index (χ1) is 17.0. The van der Waals surface area contributed by atoms with E-state index in [9.17, 15) is 14.0 Å². The Balaban J connectivity index is 1.38. The third kappa shape index (κ3) is 4.56. The third-order valence-corrected chi connectivity index (χ3v) is 6.66. The Bertz CT molecular complexity index is 1350. The molecule has 35 heavy (non-hydrogen) atoms. The van der Waals surface area contributed by atoms with Crippen molar-refractivity contribution < 1.29 is 23.5 Å². The Kier molecular flexibility index (Phi) is 6.36. The number of methoxy groups -OCH3 is 1. The van der Waals surface area contributed by atoms with Crippen molar-refractivity contribution in [1.82, 2.24) is 4.90 Å². The van der Waals surface area contributed by atoms with Crippen LogP contribution in [0, 0.1) is 5.82 Å². The summed E-state index contributed by atoms with van der Waals surface area (Å²) in [4.78, 5) is 27.4. The molecular formula is C29H26FNO4. The van der Waals surface area contributed by atoms with Crippen molar-refractivity contribution in [2.75, 3.05) is 13.7 Å². The molecule has 0 N–H and O–H groups in total. The highest BCUT2D eigenvalue weighted by Gasteiger charge is 2.41. The highest BCUT2D eigenvalue weighted by molar-refractivity contribution is 6.02. The SMILES string of the molecule is COC(=O)C1CC(Oc2ccccc2F)CN1C(=O)CCc1c2ccccc2cc2ccccc12. The highest BCUT2D eigenvalue weighted by atomic mass is 19.1. The molecule has 1 amide bonds. The van der Waals surface area contributed by atoms with Crippen LogP contribution >= 0.6 is 0 Å². The molecule has 0 bridgehead atoms. The highest BCUT2D eigenvalue weighted by Crippen LogP contribution is 2.31. The van der Waals surface area contributed by atoms with Gasteiger partial charge in [0, 0.05) is 12.8 Å². The van der Waals surface area contributed by atoms with Crippen LogP contribution in [0.25, 0.3) is 21.5 Å². The maximum atomic E-state index is 14.1. The van der Waals surface area contributed by atoms with Crippen molar-refractivity contribution in [3.63, 3.8) is 0 Å². The van der Waals surface area contributed by atoms with Gasteiger partial charge in [0.1, 0.15) is 12.1 Å². The van der Waals surface area contributed by atoms with Crippen LogP contribution in [0.3, 0.4) is 0 Å². The first-order valence-electron chi connectivity index (χ1n) is 11.7. The normalized spacial score (nSPS) is 17.6. The second kappa shape index (κ2) is 9.74. The minimum Gasteiger partial charge on any atom is -0.485 e. The largest absolute Gasteiger partial charge is 0.485 e. The molecule has 5 nitrogen and oxygen atoms in total. The Hall–Kier alpha value is -3.93. The molecule has 5 rings (SSSR count). The monoisotopic (exact) mass is 471 g/mol. The van der Waals surface area contributed by atoms with E-state index < -0.39 is 23.9 Å². The number of esters is 1. The molecule has 0 spiro atoms. The van der Waals surface area contributed by atoms with Gasteiger partial charge in [0.15, 0.2) is 11.6 Å². The lowest BCUT2D eigenvalue weighted by Gasteiger charge is -2.22. The number of amides is 1. The van der Waals surface area contributed by atoms with Crippen LogP contribution in [0.15, 0.2) is 78.9 Å². The van der Waals surface area contributed by atoms with Gasteiger partial charge in [-0.2, -0.15) is 0 Å². The van der Waals surface area contributed by atoms with E-state index in [1.807, 2.05) is 24.3 Å². The number of aryl methyl sites for hydroxylation is 1. The summed E-state index contributed by atoms with van der Waals surface area (Å²) in [6.45, 7) is 0.198. The maximum absolute atomic E-state index is 14.1. The standard InChI is InChI=1S/C29H26FNO4/c1-34-29(33)26-17-21(35-27-13-7-6-12-25(27)30)18-31(26)28(32)15-14-24-22-10-4-2-8-19(22)16-20-9-3-5-11-23(20)24/h2-13,16,21,26H,14-15,17-18H2,1H3. The van der Waals surface area contributed by atoms with Gasteiger partial charge in [-0.15, -0.1) is 0 Å². The number of halogens is 1. The van der Waals surface area contributed by atoms with Gasteiger partial charge in [-0.1, -0.05) is 60.7 Å². The van der Waals surface area contributed by atoms with Crippen LogP contribution in [0.5, 0.6) is 5.75 Å². The number of hydrogen-bond donors (Lipinski definition) is 0. The lowest BCUT2D eigenvalue weighted by molar-refractivity contribution is -0.150. The molecule has 0 saturated carbocycles. The fourth-order valence-electron chi connectivity index (χ4n) is 4.99. The fourth-order valence-corrected chi connectivity index (χ4v) is 4.99. The van der Waals surface area contributed by atoms with Crippen molar-refractivity contribution in [1.29, 1.82) is 0 Å². The summed E-state index contributed by atoms with van der Waals surface area (Å²) in [6.07, 6.45) is 0.518. The van der Waals surface area contributed by atoms with E-state index in [0.29, 0.717) is 6.42 Å². The summed E-state index contributed by atoms with van der Waals surface area (Å²) in [6, 6.07) is 23.8. The van der Waals surface area contributed by atoms with Gasteiger partial charge in [-0.3, -0.25) is 4.79 Å². The minimum absolute atomic E-state index is 0.109. The number of ether oxygens (including phenoxy) is 2. The number of hydrogen-bond acceptors (Lipinski definition) is 4. The smallest absolute Gasteiger partial charge is 0.328 e. The molecular weight excluding hydrogens is 445 g/mol. The molecule has 1 fully saturated rings. The number of rotatable bonds is 6. The number of nitrogens with zero attached hydrogens (tertiary/aromatic N) is 1. The van der Waals surface area contributed by atoms with E-state index in [2.05, 4.69) is 30.3 Å². The number of carbonyl (C=O) groups excluding carboxylic acids is 2. The summed E-state index contributed by atoms with van der Waals surface area (Å²) >= 11 is 0. The lowest BCUT2D eigenvalue weighted by Crippen LogP contribution is -2.41.